The van der Waals surface area contributed by atoms with E-state index in [-0.39, 0.29) is 25.5 Å². The van der Waals surface area contributed by atoms with Gasteiger partial charge in [0, 0.05) is 13.0 Å². The molecule has 0 spiro atoms. The van der Waals surface area contributed by atoms with E-state index in [1.165, 1.54) is 18.2 Å². The molecule has 1 rings (SSSR count). The fourth-order valence-corrected chi connectivity index (χ4v) is 1.72. The lowest BCUT2D eigenvalue weighted by Crippen LogP contribution is -2.30. The van der Waals surface area contributed by atoms with Crippen LogP contribution in [0.3, 0.4) is 0 Å². The highest BCUT2D eigenvalue weighted by Crippen LogP contribution is 2.25. The van der Waals surface area contributed by atoms with Gasteiger partial charge in [-0.15, -0.1) is 0 Å². The molecule has 0 atom stereocenters. The Hall–Kier alpha value is -1.63. The molecule has 0 radical (unpaired) electrons. The van der Waals surface area contributed by atoms with E-state index in [9.17, 15) is 14.0 Å². The van der Waals surface area contributed by atoms with Crippen molar-refractivity contribution in [3.05, 3.63) is 28.5 Å². The first-order valence-electron chi connectivity index (χ1n) is 5.55. The summed E-state index contributed by atoms with van der Waals surface area (Å²) in [5.74, 6) is -1.30. The number of ether oxygens (including phenoxy) is 1. The molecule has 0 saturated carbocycles. The summed E-state index contributed by atoms with van der Waals surface area (Å²) in [5.41, 5.74) is 0. The normalized spacial score (nSPS) is 10.0. The molecular formula is C12H13BrFNO4. The van der Waals surface area contributed by atoms with E-state index in [1.54, 1.807) is 0 Å². The maximum absolute atomic E-state index is 12.8. The first-order valence-corrected chi connectivity index (χ1v) is 6.34. The number of hydrogen-bond acceptors (Lipinski definition) is 3. The van der Waals surface area contributed by atoms with E-state index >= 15 is 0 Å². The van der Waals surface area contributed by atoms with Crippen molar-refractivity contribution in [1.29, 1.82) is 0 Å². The summed E-state index contributed by atoms with van der Waals surface area (Å²) in [7, 11) is 0. The minimum absolute atomic E-state index is 0.00461. The summed E-state index contributed by atoms with van der Waals surface area (Å²) in [4.78, 5) is 21.6. The van der Waals surface area contributed by atoms with Gasteiger partial charge in [0.1, 0.15) is 11.6 Å². The first kappa shape index (κ1) is 15.4. The van der Waals surface area contributed by atoms with Gasteiger partial charge < -0.3 is 15.2 Å². The predicted octanol–water partition coefficient (Wildman–Crippen LogP) is 1.95. The number of benzene rings is 1. The summed E-state index contributed by atoms with van der Waals surface area (Å²) in [6.45, 7) is 0.0659. The van der Waals surface area contributed by atoms with Crippen molar-refractivity contribution >= 4 is 27.8 Å². The second-order valence-electron chi connectivity index (χ2n) is 3.71. The number of amides is 1. The number of carbonyl (C=O) groups excluding carboxylic acids is 1. The summed E-state index contributed by atoms with van der Waals surface area (Å²) in [5, 5.41) is 10.9. The molecular weight excluding hydrogens is 321 g/mol. The van der Waals surface area contributed by atoms with E-state index in [2.05, 4.69) is 21.2 Å². The predicted molar refractivity (Wildman–Crippen MR) is 69.5 cm³/mol. The van der Waals surface area contributed by atoms with Crippen LogP contribution in [0.2, 0.25) is 0 Å². The Morgan fingerprint density at radius 2 is 2.16 bits per heavy atom. The minimum atomic E-state index is -0.902. The van der Waals surface area contributed by atoms with Crippen molar-refractivity contribution in [3.63, 3.8) is 0 Å². The molecule has 0 saturated heterocycles. The zero-order valence-corrected chi connectivity index (χ0v) is 11.6. The second kappa shape index (κ2) is 7.73. The van der Waals surface area contributed by atoms with E-state index in [0.717, 1.165) is 0 Å². The molecule has 1 aromatic rings. The molecule has 1 aromatic carbocycles. The smallest absolute Gasteiger partial charge is 0.303 e. The molecule has 0 aliphatic heterocycles. The molecule has 0 heterocycles. The van der Waals surface area contributed by atoms with Crippen molar-refractivity contribution in [2.45, 2.75) is 12.8 Å². The summed E-state index contributed by atoms with van der Waals surface area (Å²) in [6, 6.07) is 3.88. The van der Waals surface area contributed by atoms with E-state index in [1.807, 2.05) is 0 Å². The molecule has 0 aliphatic rings. The Labute approximate surface area is 117 Å². The van der Waals surface area contributed by atoms with Crippen molar-refractivity contribution in [2.75, 3.05) is 13.2 Å². The van der Waals surface area contributed by atoms with Crippen LogP contribution in [-0.2, 0) is 9.59 Å². The van der Waals surface area contributed by atoms with Gasteiger partial charge in [0.25, 0.3) is 5.91 Å². The molecule has 1 amide bonds. The highest BCUT2D eigenvalue weighted by Gasteiger charge is 2.06. The van der Waals surface area contributed by atoms with Crippen LogP contribution in [0.15, 0.2) is 22.7 Å². The van der Waals surface area contributed by atoms with Crippen molar-refractivity contribution in [3.8, 4) is 5.75 Å². The zero-order chi connectivity index (χ0) is 14.3. The van der Waals surface area contributed by atoms with Gasteiger partial charge in [-0.25, -0.2) is 4.39 Å². The standard InChI is InChI=1S/C12H13BrFNO4/c13-9-6-8(14)3-4-10(9)19-7-11(16)15-5-1-2-12(17)18/h3-4,6H,1-2,5,7H2,(H,15,16)(H,17,18). The average molecular weight is 334 g/mol. The molecule has 104 valence electrons. The lowest BCUT2D eigenvalue weighted by Gasteiger charge is -2.08. The van der Waals surface area contributed by atoms with Gasteiger partial charge in [-0.2, -0.15) is 0 Å². The zero-order valence-electron chi connectivity index (χ0n) is 9.99. The van der Waals surface area contributed by atoms with Crippen LogP contribution < -0.4 is 10.1 Å². The van der Waals surface area contributed by atoms with Gasteiger partial charge in [-0.3, -0.25) is 9.59 Å². The van der Waals surface area contributed by atoms with Crippen LogP contribution >= 0.6 is 15.9 Å². The quantitative estimate of drug-likeness (QED) is 0.748. The Balaban J connectivity index is 2.28. The third-order valence-corrected chi connectivity index (χ3v) is 2.76. The van der Waals surface area contributed by atoms with E-state index < -0.39 is 11.8 Å². The Kier molecular flexibility index (Phi) is 6.27. The molecule has 0 aromatic heterocycles. The number of carbonyl (C=O) groups is 2. The SMILES string of the molecule is O=C(O)CCCNC(=O)COc1ccc(F)cc1Br. The maximum Gasteiger partial charge on any atom is 0.303 e. The first-order chi connectivity index (χ1) is 8.99. The lowest BCUT2D eigenvalue weighted by atomic mass is 10.3. The molecule has 0 unspecified atom stereocenters. The number of aliphatic carboxylic acids is 1. The topological polar surface area (TPSA) is 75.6 Å². The Morgan fingerprint density at radius 1 is 1.42 bits per heavy atom. The maximum atomic E-state index is 12.8. The number of nitrogens with one attached hydrogen (secondary N) is 1. The van der Waals surface area contributed by atoms with Gasteiger partial charge in [-0.1, -0.05) is 0 Å². The van der Waals surface area contributed by atoms with Crippen LogP contribution in [-0.4, -0.2) is 30.1 Å². The molecule has 2 N–H and O–H groups in total. The van der Waals surface area contributed by atoms with Gasteiger partial charge in [0.2, 0.25) is 0 Å². The number of carboxylic acids is 1. The van der Waals surface area contributed by atoms with Gasteiger partial charge >= 0.3 is 5.97 Å². The van der Waals surface area contributed by atoms with Crippen molar-refractivity contribution in [2.24, 2.45) is 0 Å². The lowest BCUT2D eigenvalue weighted by molar-refractivity contribution is -0.137. The van der Waals surface area contributed by atoms with Crippen LogP contribution in [0.25, 0.3) is 0 Å². The Morgan fingerprint density at radius 3 is 2.79 bits per heavy atom. The van der Waals surface area contributed by atoms with E-state index in [4.69, 9.17) is 9.84 Å². The Bertz CT molecular complexity index is 467. The fourth-order valence-electron chi connectivity index (χ4n) is 1.25. The van der Waals surface area contributed by atoms with Crippen LogP contribution in [0, 0.1) is 5.82 Å². The molecule has 5 nitrogen and oxygen atoms in total. The summed E-state index contributed by atoms with van der Waals surface area (Å²) >= 11 is 3.12. The summed E-state index contributed by atoms with van der Waals surface area (Å²) < 4.78 is 18.4. The summed E-state index contributed by atoms with van der Waals surface area (Å²) in [6.07, 6.45) is 0.367. The third-order valence-electron chi connectivity index (χ3n) is 2.14. The van der Waals surface area contributed by atoms with Crippen LogP contribution in [0.1, 0.15) is 12.8 Å². The third kappa shape index (κ3) is 6.19. The molecule has 0 bridgehead atoms. The minimum Gasteiger partial charge on any atom is -0.483 e. The number of carboxylic acid groups (broad SMARTS) is 1. The van der Waals surface area contributed by atoms with Gasteiger partial charge in [-0.05, 0) is 40.5 Å². The molecule has 0 aliphatic carbocycles. The van der Waals surface area contributed by atoms with E-state index in [0.29, 0.717) is 16.6 Å². The number of hydrogen-bond donors (Lipinski definition) is 2. The van der Waals surface area contributed by atoms with Crippen molar-refractivity contribution < 1.29 is 23.8 Å². The highest BCUT2D eigenvalue weighted by atomic mass is 79.9. The van der Waals surface area contributed by atoms with Gasteiger partial charge in [0.05, 0.1) is 4.47 Å². The second-order valence-corrected chi connectivity index (χ2v) is 4.57. The largest absolute Gasteiger partial charge is 0.483 e. The molecule has 19 heavy (non-hydrogen) atoms. The number of halogens is 2. The highest BCUT2D eigenvalue weighted by molar-refractivity contribution is 9.10. The van der Waals surface area contributed by atoms with Crippen molar-refractivity contribution in [1.82, 2.24) is 5.32 Å². The van der Waals surface area contributed by atoms with Crippen LogP contribution in [0.5, 0.6) is 5.75 Å². The molecule has 7 heteroatoms. The fraction of sp³-hybridized carbons (Fsp3) is 0.333. The van der Waals surface area contributed by atoms with Crippen LogP contribution in [0.4, 0.5) is 4.39 Å². The molecule has 0 fully saturated rings. The monoisotopic (exact) mass is 333 g/mol. The number of rotatable bonds is 7. The average Bonchev–Trinajstić information content (AvgIpc) is 2.33. The van der Waals surface area contributed by atoms with Gasteiger partial charge in [0.15, 0.2) is 6.61 Å².